The highest BCUT2D eigenvalue weighted by atomic mass is 16.6. The first-order valence-corrected chi connectivity index (χ1v) is 8.41. The number of ether oxygens (including phenoxy) is 2. The van der Waals surface area contributed by atoms with Gasteiger partial charge in [-0.25, -0.2) is 4.79 Å². The van der Waals surface area contributed by atoms with Crippen molar-refractivity contribution in [2.45, 2.75) is 83.6 Å². The Morgan fingerprint density at radius 3 is 2.32 bits per heavy atom. The maximum Gasteiger partial charge on any atom is 0.410 e. The van der Waals surface area contributed by atoms with E-state index in [1.165, 1.54) is 0 Å². The fraction of sp³-hybridized carbons (Fsp3) is 0.941. The van der Waals surface area contributed by atoms with Gasteiger partial charge in [0.2, 0.25) is 0 Å². The Morgan fingerprint density at radius 1 is 1.32 bits per heavy atom. The molecule has 2 fully saturated rings. The van der Waals surface area contributed by atoms with Crippen molar-refractivity contribution in [2.75, 3.05) is 13.2 Å². The van der Waals surface area contributed by atoms with Gasteiger partial charge in [0, 0.05) is 0 Å². The molecule has 2 unspecified atom stereocenters. The number of piperidine rings is 1. The van der Waals surface area contributed by atoms with Crippen LogP contribution in [0.5, 0.6) is 0 Å². The van der Waals surface area contributed by atoms with Crippen molar-refractivity contribution in [3.8, 4) is 0 Å². The molecule has 2 aliphatic heterocycles. The Kier molecular flexibility index (Phi) is 5.07. The quantitative estimate of drug-likeness (QED) is 0.870. The van der Waals surface area contributed by atoms with Gasteiger partial charge in [0.1, 0.15) is 5.60 Å². The van der Waals surface area contributed by atoms with Gasteiger partial charge in [-0.15, -0.1) is 0 Å². The Bertz CT molecular complexity index is 388. The Hall–Kier alpha value is -0.810. The molecule has 0 aliphatic carbocycles. The molecule has 0 saturated carbocycles. The van der Waals surface area contributed by atoms with E-state index in [-0.39, 0.29) is 18.2 Å². The van der Waals surface area contributed by atoms with E-state index in [0.29, 0.717) is 32.0 Å². The first-order valence-electron chi connectivity index (χ1n) is 8.41. The zero-order valence-electron chi connectivity index (χ0n) is 14.6. The van der Waals surface area contributed by atoms with Gasteiger partial charge in [0.05, 0.1) is 30.9 Å². The minimum Gasteiger partial charge on any atom is -0.444 e. The summed E-state index contributed by atoms with van der Waals surface area (Å²) in [5.74, 6) is 0.573. The molecule has 22 heavy (non-hydrogen) atoms. The van der Waals surface area contributed by atoms with Crippen LogP contribution in [-0.2, 0) is 9.47 Å². The van der Waals surface area contributed by atoms with Crippen LogP contribution in [0.3, 0.4) is 0 Å². The maximum atomic E-state index is 12.5. The number of hydrogen-bond donors (Lipinski definition) is 1. The van der Waals surface area contributed by atoms with Crippen molar-refractivity contribution < 1.29 is 19.4 Å². The summed E-state index contributed by atoms with van der Waals surface area (Å²) in [7, 11) is 0. The number of morpholine rings is 1. The van der Waals surface area contributed by atoms with Gasteiger partial charge in [-0.05, 0) is 52.4 Å². The van der Waals surface area contributed by atoms with Gasteiger partial charge in [0.25, 0.3) is 0 Å². The van der Waals surface area contributed by atoms with Crippen LogP contribution in [0.25, 0.3) is 0 Å². The van der Waals surface area contributed by atoms with E-state index in [2.05, 4.69) is 13.8 Å². The molecule has 0 spiro atoms. The van der Waals surface area contributed by atoms with Crippen LogP contribution in [0.15, 0.2) is 0 Å². The predicted molar refractivity (Wildman–Crippen MR) is 84.7 cm³/mol. The van der Waals surface area contributed by atoms with E-state index in [1.807, 2.05) is 20.8 Å². The van der Waals surface area contributed by atoms with E-state index >= 15 is 0 Å². The highest BCUT2D eigenvalue weighted by Crippen LogP contribution is 2.38. The average Bonchev–Trinajstić information content (AvgIpc) is 2.33. The third-order valence-corrected chi connectivity index (χ3v) is 4.43. The van der Waals surface area contributed by atoms with Crippen LogP contribution in [0.1, 0.15) is 60.3 Å². The molecule has 128 valence electrons. The van der Waals surface area contributed by atoms with Gasteiger partial charge in [-0.1, -0.05) is 13.8 Å². The average molecular weight is 313 g/mol. The van der Waals surface area contributed by atoms with E-state index in [9.17, 15) is 9.90 Å². The lowest BCUT2D eigenvalue weighted by molar-refractivity contribution is -0.140. The molecule has 0 radical (unpaired) electrons. The third kappa shape index (κ3) is 4.35. The first kappa shape index (κ1) is 17.5. The van der Waals surface area contributed by atoms with Crippen LogP contribution in [0, 0.1) is 5.92 Å². The number of aliphatic hydroxyl groups is 1. The summed E-state index contributed by atoms with van der Waals surface area (Å²) in [5, 5.41) is 10.9. The lowest BCUT2D eigenvalue weighted by Crippen LogP contribution is -2.64. The molecule has 2 bridgehead atoms. The number of rotatable bonds is 3. The molecule has 1 amide bonds. The normalized spacial score (nSPS) is 32.2. The fourth-order valence-electron chi connectivity index (χ4n) is 3.45. The van der Waals surface area contributed by atoms with Crippen molar-refractivity contribution >= 4 is 6.09 Å². The third-order valence-electron chi connectivity index (χ3n) is 4.43. The molecule has 2 saturated heterocycles. The summed E-state index contributed by atoms with van der Waals surface area (Å²) in [4.78, 5) is 14.3. The topological polar surface area (TPSA) is 59.0 Å². The van der Waals surface area contributed by atoms with Crippen LogP contribution in [-0.4, -0.2) is 52.6 Å². The number of nitrogens with zero attached hydrogens (tertiary/aromatic N) is 1. The summed E-state index contributed by atoms with van der Waals surface area (Å²) < 4.78 is 11.1. The molecular weight excluding hydrogens is 282 g/mol. The fourth-order valence-corrected chi connectivity index (χ4v) is 3.45. The molecule has 2 aliphatic rings. The molecular formula is C17H31NO4. The van der Waals surface area contributed by atoms with Crippen LogP contribution >= 0.6 is 0 Å². The Labute approximate surface area is 134 Å². The predicted octanol–water partition coefficient (Wildman–Crippen LogP) is 2.95. The second-order valence-corrected chi connectivity index (χ2v) is 8.30. The monoisotopic (exact) mass is 313 g/mol. The number of hydrogen-bond acceptors (Lipinski definition) is 4. The van der Waals surface area contributed by atoms with Crippen LogP contribution in [0.2, 0.25) is 0 Å². The highest BCUT2D eigenvalue weighted by molar-refractivity contribution is 5.69. The number of carbonyl (C=O) groups is 1. The lowest BCUT2D eigenvalue weighted by Gasteiger charge is -2.51. The highest BCUT2D eigenvalue weighted by Gasteiger charge is 2.48. The van der Waals surface area contributed by atoms with E-state index in [1.54, 1.807) is 4.90 Å². The first-order chi connectivity index (χ1) is 10.1. The molecule has 0 aromatic rings. The number of amides is 1. The van der Waals surface area contributed by atoms with Gasteiger partial charge in [-0.3, -0.25) is 4.90 Å². The summed E-state index contributed by atoms with van der Waals surface area (Å²) in [5.41, 5.74) is -1.18. The van der Waals surface area contributed by atoms with Gasteiger partial charge < -0.3 is 14.6 Å². The summed E-state index contributed by atoms with van der Waals surface area (Å²) in [6, 6.07) is -0.168. The van der Waals surface area contributed by atoms with Gasteiger partial charge in [-0.2, -0.15) is 0 Å². The number of carbonyl (C=O) groups excluding carboxylic acids is 1. The largest absolute Gasteiger partial charge is 0.444 e. The van der Waals surface area contributed by atoms with Crippen molar-refractivity contribution in [3.05, 3.63) is 0 Å². The summed E-state index contributed by atoms with van der Waals surface area (Å²) in [6.45, 7) is 10.9. The minimum atomic E-state index is -0.679. The van der Waals surface area contributed by atoms with E-state index in [0.717, 1.165) is 12.8 Å². The molecule has 1 N–H and O–H groups in total. The molecule has 5 nitrogen and oxygen atoms in total. The maximum absolute atomic E-state index is 12.5. The summed E-state index contributed by atoms with van der Waals surface area (Å²) in [6.07, 6.45) is 2.67. The number of fused-ring (bicyclic) bond motifs is 2. The standard InChI is InChI=1S/C17H31NO4/c1-12(2)6-7-17(20)8-13-10-21-11-14(9-17)18(13)15(19)22-16(3,4)5/h12-14,20H,6-11H2,1-5H3. The molecule has 2 heterocycles. The molecule has 2 atom stereocenters. The molecule has 5 heteroatoms. The lowest BCUT2D eigenvalue weighted by atomic mass is 9.77. The van der Waals surface area contributed by atoms with Crippen LogP contribution < -0.4 is 0 Å². The zero-order valence-corrected chi connectivity index (χ0v) is 14.6. The van der Waals surface area contributed by atoms with Gasteiger partial charge in [0.15, 0.2) is 0 Å². The molecule has 2 rings (SSSR count). The van der Waals surface area contributed by atoms with E-state index in [4.69, 9.17) is 9.47 Å². The summed E-state index contributed by atoms with van der Waals surface area (Å²) >= 11 is 0. The Balaban J connectivity index is 2.06. The SMILES string of the molecule is CC(C)CCC1(O)CC2COCC(C1)N2C(=O)OC(C)(C)C. The van der Waals surface area contributed by atoms with Crippen molar-refractivity contribution in [1.82, 2.24) is 4.90 Å². The Morgan fingerprint density at radius 2 is 1.86 bits per heavy atom. The van der Waals surface area contributed by atoms with E-state index < -0.39 is 11.2 Å². The van der Waals surface area contributed by atoms with Crippen molar-refractivity contribution in [2.24, 2.45) is 5.92 Å². The minimum absolute atomic E-state index is 0.0838. The molecule has 0 aromatic carbocycles. The molecule has 0 aromatic heterocycles. The van der Waals surface area contributed by atoms with Crippen molar-refractivity contribution in [1.29, 1.82) is 0 Å². The van der Waals surface area contributed by atoms with Crippen LogP contribution in [0.4, 0.5) is 4.79 Å². The second-order valence-electron chi connectivity index (χ2n) is 8.30. The van der Waals surface area contributed by atoms with Crippen molar-refractivity contribution in [3.63, 3.8) is 0 Å². The zero-order chi connectivity index (χ0) is 16.5. The smallest absolute Gasteiger partial charge is 0.410 e. The van der Waals surface area contributed by atoms with Gasteiger partial charge >= 0.3 is 6.09 Å². The second kappa shape index (κ2) is 6.36.